The molecule has 1 aliphatic carbocycles. The van der Waals surface area contributed by atoms with Gasteiger partial charge in [0, 0.05) is 10.9 Å². The highest BCUT2D eigenvalue weighted by Gasteiger charge is 2.21. The molecule has 0 spiro atoms. The maximum Gasteiger partial charge on any atom is 0.0929 e. The van der Waals surface area contributed by atoms with Crippen LogP contribution < -0.4 is 5.32 Å². The molecular formula is C11H14N2S. The lowest BCUT2D eigenvalue weighted by Gasteiger charge is -2.24. The van der Waals surface area contributed by atoms with E-state index in [0.717, 1.165) is 6.42 Å². The SMILES string of the molecule is CC(C#N)NC1CCCc2sccc21. The van der Waals surface area contributed by atoms with Gasteiger partial charge in [0.2, 0.25) is 0 Å². The molecule has 1 heterocycles. The number of nitrogens with zero attached hydrogens (tertiary/aromatic N) is 1. The number of hydrogen-bond acceptors (Lipinski definition) is 3. The zero-order valence-electron chi connectivity index (χ0n) is 8.29. The van der Waals surface area contributed by atoms with Crippen molar-refractivity contribution in [2.45, 2.75) is 38.3 Å². The van der Waals surface area contributed by atoms with Crippen LogP contribution in [-0.4, -0.2) is 6.04 Å². The lowest BCUT2D eigenvalue weighted by atomic mass is 9.93. The van der Waals surface area contributed by atoms with E-state index in [-0.39, 0.29) is 6.04 Å². The van der Waals surface area contributed by atoms with Gasteiger partial charge in [0.25, 0.3) is 0 Å². The van der Waals surface area contributed by atoms with Crippen molar-refractivity contribution in [1.29, 1.82) is 5.26 Å². The van der Waals surface area contributed by atoms with Gasteiger partial charge < -0.3 is 0 Å². The van der Waals surface area contributed by atoms with Crippen LogP contribution in [0.4, 0.5) is 0 Å². The summed E-state index contributed by atoms with van der Waals surface area (Å²) in [6.45, 7) is 1.92. The Morgan fingerprint density at radius 2 is 2.57 bits per heavy atom. The van der Waals surface area contributed by atoms with Crippen LogP contribution in [0.3, 0.4) is 0 Å². The van der Waals surface area contributed by atoms with Crippen molar-refractivity contribution in [3.63, 3.8) is 0 Å². The van der Waals surface area contributed by atoms with Gasteiger partial charge in [-0.3, -0.25) is 5.32 Å². The molecule has 0 radical (unpaired) electrons. The largest absolute Gasteiger partial charge is 0.295 e. The van der Waals surface area contributed by atoms with Crippen molar-refractivity contribution in [2.75, 3.05) is 0 Å². The van der Waals surface area contributed by atoms with E-state index in [2.05, 4.69) is 22.8 Å². The molecule has 74 valence electrons. The Bertz CT molecular complexity index is 350. The van der Waals surface area contributed by atoms with Crippen molar-refractivity contribution in [3.05, 3.63) is 21.9 Å². The fourth-order valence-electron chi connectivity index (χ4n) is 2.00. The molecule has 3 heteroatoms. The summed E-state index contributed by atoms with van der Waals surface area (Å²) in [5, 5.41) is 14.3. The van der Waals surface area contributed by atoms with Crippen LogP contribution >= 0.6 is 11.3 Å². The molecule has 0 aliphatic heterocycles. The molecule has 2 atom stereocenters. The van der Waals surface area contributed by atoms with Gasteiger partial charge in [-0.05, 0) is 43.2 Å². The van der Waals surface area contributed by atoms with Crippen LogP contribution in [0.5, 0.6) is 0 Å². The summed E-state index contributed by atoms with van der Waals surface area (Å²) in [7, 11) is 0. The predicted octanol–water partition coefficient (Wildman–Crippen LogP) is 2.63. The number of hydrogen-bond donors (Lipinski definition) is 1. The number of nitriles is 1. The molecule has 0 aromatic carbocycles. The van der Waals surface area contributed by atoms with Crippen molar-refractivity contribution in [3.8, 4) is 6.07 Å². The molecule has 2 unspecified atom stereocenters. The Balaban J connectivity index is 2.13. The van der Waals surface area contributed by atoms with Crippen LogP contribution in [0, 0.1) is 11.3 Å². The van der Waals surface area contributed by atoms with Crippen molar-refractivity contribution >= 4 is 11.3 Å². The summed E-state index contributed by atoms with van der Waals surface area (Å²) in [6, 6.07) is 4.78. The first kappa shape index (κ1) is 9.70. The second-order valence-electron chi connectivity index (χ2n) is 3.76. The minimum absolute atomic E-state index is 0.0501. The van der Waals surface area contributed by atoms with Gasteiger partial charge in [0.15, 0.2) is 0 Å². The van der Waals surface area contributed by atoms with Gasteiger partial charge in [-0.15, -0.1) is 11.3 Å². The monoisotopic (exact) mass is 206 g/mol. The summed E-state index contributed by atoms with van der Waals surface area (Å²) in [4.78, 5) is 1.50. The Kier molecular flexibility index (Phi) is 2.85. The third-order valence-corrected chi connectivity index (χ3v) is 3.69. The number of fused-ring (bicyclic) bond motifs is 1. The number of thiophene rings is 1. The maximum atomic E-state index is 8.75. The zero-order chi connectivity index (χ0) is 9.97. The molecular weight excluding hydrogens is 192 g/mol. The number of aryl methyl sites for hydroxylation is 1. The molecule has 2 nitrogen and oxygen atoms in total. The zero-order valence-corrected chi connectivity index (χ0v) is 9.10. The minimum Gasteiger partial charge on any atom is -0.295 e. The first-order valence-electron chi connectivity index (χ1n) is 5.03. The summed E-state index contributed by atoms with van der Waals surface area (Å²) in [5.74, 6) is 0. The van der Waals surface area contributed by atoms with Gasteiger partial charge in [-0.1, -0.05) is 0 Å². The van der Waals surface area contributed by atoms with E-state index in [9.17, 15) is 0 Å². The third kappa shape index (κ3) is 1.82. The van der Waals surface area contributed by atoms with Crippen LogP contribution in [0.2, 0.25) is 0 Å². The van der Waals surface area contributed by atoms with Gasteiger partial charge >= 0.3 is 0 Å². The molecule has 1 aromatic rings. The topological polar surface area (TPSA) is 35.8 Å². The van der Waals surface area contributed by atoms with Crippen LogP contribution in [-0.2, 0) is 6.42 Å². The summed E-state index contributed by atoms with van der Waals surface area (Å²) in [5.41, 5.74) is 1.42. The van der Waals surface area contributed by atoms with Gasteiger partial charge in [0.1, 0.15) is 0 Å². The molecule has 0 amide bonds. The highest BCUT2D eigenvalue weighted by atomic mass is 32.1. The molecule has 0 bridgehead atoms. The van der Waals surface area contributed by atoms with E-state index >= 15 is 0 Å². The van der Waals surface area contributed by atoms with Crippen LogP contribution in [0.15, 0.2) is 11.4 Å². The minimum atomic E-state index is -0.0501. The lowest BCUT2D eigenvalue weighted by molar-refractivity contribution is 0.447. The van der Waals surface area contributed by atoms with Gasteiger partial charge in [0.05, 0.1) is 12.1 Å². The lowest BCUT2D eigenvalue weighted by Crippen LogP contribution is -2.31. The highest BCUT2D eigenvalue weighted by molar-refractivity contribution is 7.10. The molecule has 1 N–H and O–H groups in total. The number of rotatable bonds is 2. The van der Waals surface area contributed by atoms with Crippen molar-refractivity contribution in [1.82, 2.24) is 5.32 Å². The standard InChI is InChI=1S/C11H14N2S/c1-8(7-12)13-10-3-2-4-11-9(10)5-6-14-11/h5-6,8,10,13H,2-4H2,1H3. The fourth-order valence-corrected chi connectivity index (χ4v) is 2.99. The number of nitrogens with one attached hydrogen (secondary N) is 1. The molecule has 2 rings (SSSR count). The molecule has 0 fully saturated rings. The second-order valence-corrected chi connectivity index (χ2v) is 4.76. The highest BCUT2D eigenvalue weighted by Crippen LogP contribution is 2.33. The van der Waals surface area contributed by atoms with E-state index in [0.29, 0.717) is 6.04 Å². The summed E-state index contributed by atoms with van der Waals surface area (Å²) >= 11 is 1.84. The molecule has 14 heavy (non-hydrogen) atoms. The van der Waals surface area contributed by atoms with E-state index in [1.807, 2.05) is 18.3 Å². The Morgan fingerprint density at radius 1 is 1.71 bits per heavy atom. The molecule has 0 saturated heterocycles. The first-order valence-corrected chi connectivity index (χ1v) is 5.91. The molecule has 0 saturated carbocycles. The van der Waals surface area contributed by atoms with E-state index in [1.54, 1.807) is 0 Å². The first-order chi connectivity index (χ1) is 6.81. The fraction of sp³-hybridized carbons (Fsp3) is 0.545. The summed E-state index contributed by atoms with van der Waals surface area (Å²) < 4.78 is 0. The van der Waals surface area contributed by atoms with Crippen molar-refractivity contribution in [2.24, 2.45) is 0 Å². The second kappa shape index (κ2) is 4.12. The molecule has 1 aliphatic rings. The van der Waals surface area contributed by atoms with Crippen LogP contribution in [0.25, 0.3) is 0 Å². The van der Waals surface area contributed by atoms with E-state index < -0.39 is 0 Å². The maximum absolute atomic E-state index is 8.75. The van der Waals surface area contributed by atoms with Gasteiger partial charge in [-0.2, -0.15) is 5.26 Å². The molecule has 1 aromatic heterocycles. The summed E-state index contributed by atoms with van der Waals surface area (Å²) in [6.07, 6.45) is 3.62. The Labute approximate surface area is 88.6 Å². The quantitative estimate of drug-likeness (QED) is 0.807. The average molecular weight is 206 g/mol. The van der Waals surface area contributed by atoms with E-state index in [1.165, 1.54) is 23.3 Å². The normalized spacial score (nSPS) is 22.4. The predicted molar refractivity (Wildman–Crippen MR) is 58.2 cm³/mol. The van der Waals surface area contributed by atoms with E-state index in [4.69, 9.17) is 5.26 Å². The Hall–Kier alpha value is -0.850. The smallest absolute Gasteiger partial charge is 0.0929 e. The third-order valence-electron chi connectivity index (χ3n) is 2.70. The van der Waals surface area contributed by atoms with Crippen LogP contribution in [0.1, 0.15) is 36.2 Å². The average Bonchev–Trinajstić information content (AvgIpc) is 2.66. The van der Waals surface area contributed by atoms with Gasteiger partial charge in [-0.25, -0.2) is 0 Å². The van der Waals surface area contributed by atoms with Crippen molar-refractivity contribution < 1.29 is 0 Å². The Morgan fingerprint density at radius 3 is 3.36 bits per heavy atom.